The van der Waals surface area contributed by atoms with Crippen LogP contribution in [-0.2, 0) is 11.2 Å². The van der Waals surface area contributed by atoms with Crippen LogP contribution in [0, 0.1) is 0 Å². The molecule has 1 amide bonds. The van der Waals surface area contributed by atoms with Crippen molar-refractivity contribution in [2.45, 2.75) is 38.5 Å². The quantitative estimate of drug-likeness (QED) is 0.550. The number of rotatable bonds is 9. The fourth-order valence-corrected chi connectivity index (χ4v) is 3.28. The van der Waals surface area contributed by atoms with Crippen molar-refractivity contribution in [1.29, 1.82) is 0 Å². The van der Waals surface area contributed by atoms with Crippen LogP contribution in [0.15, 0.2) is 42.6 Å². The second kappa shape index (κ2) is 9.21. The van der Waals surface area contributed by atoms with Gasteiger partial charge in [-0.1, -0.05) is 37.1 Å². The van der Waals surface area contributed by atoms with Crippen molar-refractivity contribution >= 4 is 16.7 Å². The van der Waals surface area contributed by atoms with Gasteiger partial charge in [0.2, 0.25) is 5.91 Å². The van der Waals surface area contributed by atoms with E-state index in [-0.39, 0.29) is 5.91 Å². The van der Waals surface area contributed by atoms with Crippen LogP contribution in [0.1, 0.15) is 37.9 Å². The number of aryl methyl sites for hydroxylation is 1. The first-order valence-electron chi connectivity index (χ1n) is 9.53. The van der Waals surface area contributed by atoms with Gasteiger partial charge in [-0.05, 0) is 35.7 Å². The third-order valence-electron chi connectivity index (χ3n) is 4.83. The summed E-state index contributed by atoms with van der Waals surface area (Å²) in [5.41, 5.74) is 2.01. The molecule has 0 atom stereocenters. The van der Waals surface area contributed by atoms with E-state index in [4.69, 9.17) is 4.74 Å². The third kappa shape index (κ3) is 4.88. The van der Waals surface area contributed by atoms with Crippen molar-refractivity contribution in [3.05, 3.63) is 48.4 Å². The fraction of sp³-hybridized carbons (Fsp3) is 0.364. The van der Waals surface area contributed by atoms with E-state index in [0.29, 0.717) is 6.42 Å². The van der Waals surface area contributed by atoms with Crippen molar-refractivity contribution in [3.63, 3.8) is 0 Å². The number of aromatic amines is 1. The summed E-state index contributed by atoms with van der Waals surface area (Å²) in [4.78, 5) is 19.2. The number of nitrogens with zero attached hydrogens (tertiary/aromatic N) is 1. The molecule has 27 heavy (non-hydrogen) atoms. The van der Waals surface area contributed by atoms with Crippen LogP contribution in [0.5, 0.6) is 5.75 Å². The lowest BCUT2D eigenvalue weighted by molar-refractivity contribution is -0.120. The molecule has 0 radical (unpaired) electrons. The topological polar surface area (TPSA) is 67.0 Å². The summed E-state index contributed by atoms with van der Waals surface area (Å²) in [5, 5.41) is 5.00. The van der Waals surface area contributed by atoms with Crippen LogP contribution in [0.4, 0.5) is 0 Å². The molecule has 0 aliphatic heterocycles. The average Bonchev–Trinajstić information content (AvgIpc) is 3.18. The first-order chi connectivity index (χ1) is 13.2. The van der Waals surface area contributed by atoms with Gasteiger partial charge in [-0.3, -0.25) is 4.79 Å². The maximum atomic E-state index is 11.2. The lowest BCUT2D eigenvalue weighted by Crippen LogP contribution is -2.16. The third-order valence-corrected chi connectivity index (χ3v) is 4.83. The van der Waals surface area contributed by atoms with E-state index in [1.165, 1.54) is 5.39 Å². The zero-order valence-corrected chi connectivity index (χ0v) is 16.0. The highest BCUT2D eigenvalue weighted by molar-refractivity contribution is 5.90. The maximum Gasteiger partial charge on any atom is 0.219 e. The molecule has 0 saturated heterocycles. The molecule has 2 aromatic carbocycles. The number of aromatic nitrogens is 2. The summed E-state index contributed by atoms with van der Waals surface area (Å²) in [7, 11) is 3.38. The molecule has 0 saturated carbocycles. The molecular formula is C22H27N3O2. The van der Waals surface area contributed by atoms with E-state index in [0.717, 1.165) is 60.3 Å². The first-order valence-corrected chi connectivity index (χ1v) is 9.53. The van der Waals surface area contributed by atoms with E-state index >= 15 is 0 Å². The van der Waals surface area contributed by atoms with Crippen molar-refractivity contribution in [3.8, 4) is 17.0 Å². The molecule has 3 rings (SSSR count). The first kappa shape index (κ1) is 19.0. The minimum atomic E-state index is 0.120. The highest BCUT2D eigenvalue weighted by Crippen LogP contribution is 2.33. The van der Waals surface area contributed by atoms with Gasteiger partial charge in [0.15, 0.2) is 0 Å². The van der Waals surface area contributed by atoms with E-state index in [2.05, 4.69) is 39.6 Å². The van der Waals surface area contributed by atoms with E-state index < -0.39 is 0 Å². The van der Waals surface area contributed by atoms with E-state index in [1.54, 1.807) is 14.2 Å². The summed E-state index contributed by atoms with van der Waals surface area (Å²) < 4.78 is 5.59. The fourth-order valence-electron chi connectivity index (χ4n) is 3.28. The Balaban J connectivity index is 1.60. The molecule has 0 unspecified atom stereocenters. The number of H-pyrrole nitrogens is 1. The number of nitrogens with one attached hydrogen (secondary N) is 2. The van der Waals surface area contributed by atoms with Gasteiger partial charge in [-0.2, -0.15) is 0 Å². The molecule has 5 nitrogen and oxygen atoms in total. The Kier molecular flexibility index (Phi) is 6.47. The smallest absolute Gasteiger partial charge is 0.219 e. The Morgan fingerprint density at radius 3 is 2.59 bits per heavy atom. The zero-order chi connectivity index (χ0) is 19.1. The molecule has 1 heterocycles. The van der Waals surface area contributed by atoms with Gasteiger partial charge in [-0.15, -0.1) is 0 Å². The molecular weight excluding hydrogens is 338 g/mol. The molecule has 0 aliphatic rings. The number of carbonyl (C=O) groups excluding carboxylic acids is 1. The number of imidazole rings is 1. The normalized spacial score (nSPS) is 10.9. The Labute approximate surface area is 160 Å². The van der Waals surface area contributed by atoms with Crippen molar-refractivity contribution in [2.75, 3.05) is 14.2 Å². The number of unbranched alkanes of at least 4 members (excludes halogenated alkanes) is 3. The largest absolute Gasteiger partial charge is 0.496 e. The van der Waals surface area contributed by atoms with Gasteiger partial charge >= 0.3 is 0 Å². The predicted octanol–water partition coefficient (Wildman–Crippen LogP) is 4.48. The molecule has 0 aliphatic carbocycles. The lowest BCUT2D eigenvalue weighted by Gasteiger charge is -2.09. The standard InChI is InChI=1S/C22H27N3O2/c1-23-22(26)12-6-4-3-5-11-21-24-15-19(25-21)18-13-16-9-7-8-10-17(16)14-20(18)27-2/h7-10,13-15H,3-6,11-12H2,1-2H3,(H,23,26)(H,24,25). The molecule has 2 N–H and O–H groups in total. The minimum absolute atomic E-state index is 0.120. The molecule has 0 bridgehead atoms. The van der Waals surface area contributed by atoms with Gasteiger partial charge in [0.1, 0.15) is 11.6 Å². The summed E-state index contributed by atoms with van der Waals surface area (Å²) >= 11 is 0. The maximum absolute atomic E-state index is 11.2. The Morgan fingerprint density at radius 1 is 1.11 bits per heavy atom. The SMILES string of the molecule is CNC(=O)CCCCCCc1ncc(-c2cc3ccccc3cc2OC)[nH]1. The van der Waals surface area contributed by atoms with Gasteiger partial charge in [0, 0.05) is 25.5 Å². The van der Waals surface area contributed by atoms with Crippen LogP contribution < -0.4 is 10.1 Å². The lowest BCUT2D eigenvalue weighted by atomic mass is 10.0. The summed E-state index contributed by atoms with van der Waals surface area (Å²) in [6.45, 7) is 0. The second-order valence-electron chi connectivity index (χ2n) is 6.73. The second-order valence-corrected chi connectivity index (χ2v) is 6.73. The highest BCUT2D eigenvalue weighted by atomic mass is 16.5. The predicted molar refractivity (Wildman–Crippen MR) is 109 cm³/mol. The Bertz CT molecular complexity index is 901. The van der Waals surface area contributed by atoms with Gasteiger partial charge in [0.25, 0.3) is 0 Å². The van der Waals surface area contributed by atoms with Crippen LogP contribution in [0.2, 0.25) is 0 Å². The molecule has 0 fully saturated rings. The van der Waals surface area contributed by atoms with Crippen LogP contribution in [-0.4, -0.2) is 30.0 Å². The van der Waals surface area contributed by atoms with Crippen LogP contribution >= 0.6 is 0 Å². The highest BCUT2D eigenvalue weighted by Gasteiger charge is 2.11. The van der Waals surface area contributed by atoms with Crippen LogP contribution in [0.25, 0.3) is 22.0 Å². The van der Waals surface area contributed by atoms with E-state index in [9.17, 15) is 4.79 Å². The molecule has 142 valence electrons. The Hall–Kier alpha value is -2.82. The number of hydrogen-bond acceptors (Lipinski definition) is 3. The van der Waals surface area contributed by atoms with Gasteiger partial charge in [-0.25, -0.2) is 4.98 Å². The average molecular weight is 365 g/mol. The number of hydrogen-bond donors (Lipinski definition) is 2. The zero-order valence-electron chi connectivity index (χ0n) is 16.0. The van der Waals surface area contributed by atoms with Gasteiger partial charge < -0.3 is 15.0 Å². The monoisotopic (exact) mass is 365 g/mol. The number of methoxy groups -OCH3 is 1. The molecule has 3 aromatic rings. The number of ether oxygens (including phenoxy) is 1. The number of fused-ring (bicyclic) bond motifs is 1. The number of benzene rings is 2. The van der Waals surface area contributed by atoms with E-state index in [1.807, 2.05) is 18.3 Å². The van der Waals surface area contributed by atoms with Gasteiger partial charge in [0.05, 0.1) is 19.0 Å². The minimum Gasteiger partial charge on any atom is -0.496 e. The Morgan fingerprint density at radius 2 is 1.85 bits per heavy atom. The van der Waals surface area contributed by atoms with Crippen molar-refractivity contribution < 1.29 is 9.53 Å². The summed E-state index contributed by atoms with van der Waals surface area (Å²) in [5.74, 6) is 1.96. The summed E-state index contributed by atoms with van der Waals surface area (Å²) in [6, 6.07) is 12.5. The van der Waals surface area contributed by atoms with Crippen molar-refractivity contribution in [2.24, 2.45) is 0 Å². The molecule has 1 aromatic heterocycles. The number of amides is 1. The van der Waals surface area contributed by atoms with Crippen LogP contribution in [0.3, 0.4) is 0 Å². The number of carbonyl (C=O) groups is 1. The van der Waals surface area contributed by atoms with Crippen molar-refractivity contribution in [1.82, 2.24) is 15.3 Å². The molecule has 5 heteroatoms. The summed E-state index contributed by atoms with van der Waals surface area (Å²) in [6.07, 6.45) is 7.59. The molecule has 0 spiro atoms.